The summed E-state index contributed by atoms with van der Waals surface area (Å²) < 4.78 is 11.0. The number of nitrogens with two attached hydrogens (primary N) is 1. The molecule has 1 aliphatic rings. The molecule has 1 aliphatic heterocycles. The Hall–Kier alpha value is -0.120. The topological polar surface area (TPSA) is 44.5 Å². The molecule has 90 valence electrons. The zero-order chi connectivity index (χ0) is 11.3. The lowest BCUT2D eigenvalue weighted by Crippen LogP contribution is -2.39. The van der Waals surface area contributed by atoms with Crippen LogP contribution in [0, 0.1) is 11.3 Å². The van der Waals surface area contributed by atoms with Crippen LogP contribution in [-0.2, 0) is 9.47 Å². The van der Waals surface area contributed by atoms with Gasteiger partial charge in [-0.3, -0.25) is 0 Å². The van der Waals surface area contributed by atoms with E-state index in [0.717, 1.165) is 32.7 Å². The van der Waals surface area contributed by atoms with Gasteiger partial charge in [0.05, 0.1) is 6.61 Å². The molecule has 1 saturated heterocycles. The second-order valence-corrected chi connectivity index (χ2v) is 5.57. The van der Waals surface area contributed by atoms with Gasteiger partial charge in [0, 0.05) is 25.9 Å². The fourth-order valence-electron chi connectivity index (χ4n) is 1.52. The second-order valence-electron chi connectivity index (χ2n) is 5.57. The number of rotatable bonds is 4. The summed E-state index contributed by atoms with van der Waals surface area (Å²) in [6, 6.07) is 0.123. The number of hydrogen-bond acceptors (Lipinski definition) is 3. The lowest BCUT2D eigenvalue weighted by atomic mass is 9.88. The molecule has 0 aliphatic carbocycles. The van der Waals surface area contributed by atoms with Crippen LogP contribution in [0.15, 0.2) is 0 Å². The van der Waals surface area contributed by atoms with Crippen molar-refractivity contribution in [1.82, 2.24) is 0 Å². The van der Waals surface area contributed by atoms with Crippen molar-refractivity contribution in [3.63, 3.8) is 0 Å². The van der Waals surface area contributed by atoms with Crippen molar-refractivity contribution >= 4 is 0 Å². The molecule has 0 aromatic rings. The fraction of sp³-hybridized carbons (Fsp3) is 1.00. The summed E-state index contributed by atoms with van der Waals surface area (Å²) in [5.41, 5.74) is 6.15. The maximum Gasteiger partial charge on any atom is 0.0622 e. The van der Waals surface area contributed by atoms with Crippen molar-refractivity contribution in [3.8, 4) is 0 Å². The molecule has 0 aromatic heterocycles. The minimum absolute atomic E-state index is 0.123. The van der Waals surface area contributed by atoms with E-state index >= 15 is 0 Å². The molecule has 15 heavy (non-hydrogen) atoms. The van der Waals surface area contributed by atoms with Gasteiger partial charge in [-0.25, -0.2) is 0 Å². The quantitative estimate of drug-likeness (QED) is 0.777. The molecule has 1 fully saturated rings. The molecule has 1 heterocycles. The van der Waals surface area contributed by atoms with Crippen LogP contribution < -0.4 is 5.73 Å². The summed E-state index contributed by atoms with van der Waals surface area (Å²) in [7, 11) is 0. The molecule has 0 radical (unpaired) electrons. The van der Waals surface area contributed by atoms with Gasteiger partial charge in [-0.15, -0.1) is 0 Å². The first-order valence-corrected chi connectivity index (χ1v) is 5.91. The third-order valence-electron chi connectivity index (χ3n) is 3.10. The molecule has 0 saturated carbocycles. The van der Waals surface area contributed by atoms with E-state index in [9.17, 15) is 0 Å². The van der Waals surface area contributed by atoms with Gasteiger partial charge in [0.15, 0.2) is 0 Å². The molecular formula is C12H25NO2. The van der Waals surface area contributed by atoms with Crippen molar-refractivity contribution < 1.29 is 9.47 Å². The van der Waals surface area contributed by atoms with Crippen LogP contribution >= 0.6 is 0 Å². The maximum absolute atomic E-state index is 6.02. The molecule has 3 heteroatoms. The zero-order valence-electron chi connectivity index (χ0n) is 10.3. The Morgan fingerprint density at radius 1 is 1.33 bits per heavy atom. The van der Waals surface area contributed by atoms with Crippen molar-refractivity contribution in [1.29, 1.82) is 0 Å². The molecule has 1 rings (SSSR count). The lowest BCUT2D eigenvalue weighted by molar-refractivity contribution is 0.0104. The highest BCUT2D eigenvalue weighted by molar-refractivity contribution is 4.76. The molecule has 3 nitrogen and oxygen atoms in total. The Morgan fingerprint density at radius 3 is 2.47 bits per heavy atom. The van der Waals surface area contributed by atoms with E-state index in [1.54, 1.807) is 0 Å². The molecule has 1 atom stereocenters. The van der Waals surface area contributed by atoms with Gasteiger partial charge in [-0.2, -0.15) is 0 Å². The molecule has 0 bridgehead atoms. The molecule has 2 N–H and O–H groups in total. The third-order valence-corrected chi connectivity index (χ3v) is 3.10. The third kappa shape index (κ3) is 4.96. The van der Waals surface area contributed by atoms with E-state index in [1.165, 1.54) is 0 Å². The molecule has 0 amide bonds. The van der Waals surface area contributed by atoms with E-state index in [1.807, 2.05) is 0 Å². The highest BCUT2D eigenvalue weighted by Crippen LogP contribution is 2.19. The van der Waals surface area contributed by atoms with Gasteiger partial charge in [-0.1, -0.05) is 20.8 Å². The van der Waals surface area contributed by atoms with Crippen molar-refractivity contribution in [2.75, 3.05) is 26.4 Å². The lowest BCUT2D eigenvalue weighted by Gasteiger charge is -2.28. The van der Waals surface area contributed by atoms with Crippen LogP contribution in [0.2, 0.25) is 0 Å². The first-order valence-electron chi connectivity index (χ1n) is 5.91. The van der Waals surface area contributed by atoms with Crippen LogP contribution in [-0.4, -0.2) is 32.5 Å². The Morgan fingerprint density at radius 2 is 1.93 bits per heavy atom. The minimum Gasteiger partial charge on any atom is -0.381 e. The Labute approximate surface area is 93.3 Å². The number of hydrogen-bond donors (Lipinski definition) is 1. The van der Waals surface area contributed by atoms with E-state index in [-0.39, 0.29) is 11.5 Å². The van der Waals surface area contributed by atoms with Crippen LogP contribution in [0.25, 0.3) is 0 Å². The predicted octanol–water partition coefficient (Wildman–Crippen LogP) is 1.80. The van der Waals surface area contributed by atoms with Crippen LogP contribution in [0.1, 0.15) is 33.6 Å². The van der Waals surface area contributed by atoms with Gasteiger partial charge in [0.2, 0.25) is 0 Å². The van der Waals surface area contributed by atoms with E-state index in [2.05, 4.69) is 20.8 Å². The second kappa shape index (κ2) is 5.83. The normalized spacial score (nSPS) is 21.6. The monoisotopic (exact) mass is 215 g/mol. The minimum atomic E-state index is 0.123. The van der Waals surface area contributed by atoms with E-state index in [4.69, 9.17) is 15.2 Å². The van der Waals surface area contributed by atoms with E-state index < -0.39 is 0 Å². The van der Waals surface area contributed by atoms with Gasteiger partial charge >= 0.3 is 0 Å². The molecule has 0 aromatic carbocycles. The standard InChI is InChI=1S/C12H25NO2/c1-12(2,3)11(13)9-15-8-10-4-6-14-7-5-10/h10-11H,4-9,13H2,1-3H3. The highest BCUT2D eigenvalue weighted by atomic mass is 16.5. The summed E-state index contributed by atoms with van der Waals surface area (Å²) in [5.74, 6) is 0.672. The van der Waals surface area contributed by atoms with Crippen molar-refractivity contribution in [2.24, 2.45) is 17.1 Å². The molecule has 1 unspecified atom stereocenters. The number of ether oxygens (including phenoxy) is 2. The largest absolute Gasteiger partial charge is 0.381 e. The van der Waals surface area contributed by atoms with Gasteiger partial charge < -0.3 is 15.2 Å². The van der Waals surface area contributed by atoms with Gasteiger partial charge in [0.25, 0.3) is 0 Å². The van der Waals surface area contributed by atoms with Crippen molar-refractivity contribution in [2.45, 2.75) is 39.7 Å². The highest BCUT2D eigenvalue weighted by Gasteiger charge is 2.21. The SMILES string of the molecule is CC(C)(C)C(N)COCC1CCOCC1. The molecule has 0 spiro atoms. The Kier molecular flexibility index (Phi) is 5.03. The average molecular weight is 215 g/mol. The fourth-order valence-corrected chi connectivity index (χ4v) is 1.52. The summed E-state index contributed by atoms with van der Waals surface area (Å²) >= 11 is 0. The average Bonchev–Trinajstić information content (AvgIpc) is 2.18. The van der Waals surface area contributed by atoms with E-state index in [0.29, 0.717) is 12.5 Å². The van der Waals surface area contributed by atoms with Gasteiger partial charge in [-0.05, 0) is 24.2 Å². The maximum atomic E-state index is 6.02. The first kappa shape index (κ1) is 12.9. The predicted molar refractivity (Wildman–Crippen MR) is 61.8 cm³/mol. The van der Waals surface area contributed by atoms with Crippen LogP contribution in [0.5, 0.6) is 0 Å². The Bertz CT molecular complexity index is 171. The Balaban J connectivity index is 2.10. The van der Waals surface area contributed by atoms with Crippen LogP contribution in [0.4, 0.5) is 0 Å². The summed E-state index contributed by atoms with van der Waals surface area (Å²) in [6.07, 6.45) is 2.26. The van der Waals surface area contributed by atoms with Gasteiger partial charge in [0.1, 0.15) is 0 Å². The summed E-state index contributed by atoms with van der Waals surface area (Å²) in [4.78, 5) is 0. The first-order chi connectivity index (χ1) is 7.00. The summed E-state index contributed by atoms with van der Waals surface area (Å²) in [5, 5.41) is 0. The summed E-state index contributed by atoms with van der Waals surface area (Å²) in [6.45, 7) is 9.73. The smallest absolute Gasteiger partial charge is 0.0622 e. The van der Waals surface area contributed by atoms with Crippen molar-refractivity contribution in [3.05, 3.63) is 0 Å². The zero-order valence-corrected chi connectivity index (χ0v) is 10.3. The molecular weight excluding hydrogens is 190 g/mol. The van der Waals surface area contributed by atoms with Crippen LogP contribution in [0.3, 0.4) is 0 Å².